The summed E-state index contributed by atoms with van der Waals surface area (Å²) in [7, 11) is 0. The summed E-state index contributed by atoms with van der Waals surface area (Å²) >= 11 is 1.16. The number of hydrogen-bond acceptors (Lipinski definition) is 4. The van der Waals surface area contributed by atoms with Gasteiger partial charge in [-0.1, -0.05) is 23.5 Å². The lowest BCUT2D eigenvalue weighted by molar-refractivity contribution is -0.149. The summed E-state index contributed by atoms with van der Waals surface area (Å²) in [5, 5.41) is 0. The first kappa shape index (κ1) is 12.4. The van der Waals surface area contributed by atoms with Gasteiger partial charge in [0, 0.05) is 0 Å². The largest absolute Gasteiger partial charge is 0.461 e. The first-order valence-electron chi connectivity index (χ1n) is 6.52. The molecule has 100 valence electrons. The number of thiazole rings is 1. The number of esters is 1. The van der Waals surface area contributed by atoms with Crippen LogP contribution in [0.25, 0.3) is 10.2 Å². The van der Waals surface area contributed by atoms with Crippen LogP contribution in [0, 0.1) is 0 Å². The highest BCUT2D eigenvalue weighted by molar-refractivity contribution is 7.16. The molecule has 1 saturated carbocycles. The number of benzene rings is 1. The Labute approximate surface area is 114 Å². The van der Waals surface area contributed by atoms with Gasteiger partial charge in [-0.15, -0.1) is 0 Å². The number of ether oxygens (including phenoxy) is 1. The molecule has 1 aromatic heterocycles. The van der Waals surface area contributed by atoms with Gasteiger partial charge in [0.25, 0.3) is 0 Å². The monoisotopic (exact) mass is 277 g/mol. The first-order chi connectivity index (χ1) is 9.24. The molecular weight excluding hydrogens is 262 g/mol. The zero-order valence-electron chi connectivity index (χ0n) is 10.5. The van der Waals surface area contributed by atoms with E-state index in [0.717, 1.165) is 47.2 Å². The van der Waals surface area contributed by atoms with Crippen LogP contribution in [0.2, 0.25) is 0 Å². The molecule has 1 heterocycles. The molecule has 0 N–H and O–H groups in total. The lowest BCUT2D eigenvalue weighted by atomic mass is 10.3. The summed E-state index contributed by atoms with van der Waals surface area (Å²) < 4.78 is 7.80. The fraction of sp³-hybridized carbons (Fsp3) is 0.429. The summed E-state index contributed by atoms with van der Waals surface area (Å²) in [5.74, 6) is -0.308. The minimum atomic E-state index is -0.308. The van der Waals surface area contributed by atoms with Crippen molar-refractivity contribution in [1.29, 1.82) is 0 Å². The molecule has 0 bridgehead atoms. The third kappa shape index (κ3) is 2.56. The number of rotatable bonds is 3. The van der Waals surface area contributed by atoms with Gasteiger partial charge in [-0.2, -0.15) is 0 Å². The molecule has 1 fully saturated rings. The zero-order valence-corrected chi connectivity index (χ0v) is 11.3. The molecule has 0 amide bonds. The standard InChI is InChI=1S/C14H15NO3S/c16-13(18-10-5-1-2-6-10)9-15-11-7-3-4-8-12(11)19-14(15)17/h3-4,7-8,10H,1-2,5-6,9H2. The van der Waals surface area contributed by atoms with Crippen LogP contribution in [-0.2, 0) is 16.1 Å². The first-order valence-corrected chi connectivity index (χ1v) is 7.33. The van der Waals surface area contributed by atoms with Gasteiger partial charge in [0.05, 0.1) is 10.2 Å². The van der Waals surface area contributed by atoms with Crippen molar-refractivity contribution in [3.63, 3.8) is 0 Å². The molecule has 3 rings (SSSR count). The number of carbonyl (C=O) groups excluding carboxylic acids is 1. The van der Waals surface area contributed by atoms with Crippen molar-refractivity contribution in [1.82, 2.24) is 4.57 Å². The topological polar surface area (TPSA) is 48.3 Å². The van der Waals surface area contributed by atoms with Gasteiger partial charge < -0.3 is 4.74 Å². The van der Waals surface area contributed by atoms with Crippen LogP contribution in [0.4, 0.5) is 0 Å². The number of nitrogens with zero attached hydrogens (tertiary/aromatic N) is 1. The van der Waals surface area contributed by atoms with E-state index < -0.39 is 0 Å². The van der Waals surface area contributed by atoms with Gasteiger partial charge in [0.15, 0.2) is 0 Å². The lowest BCUT2D eigenvalue weighted by Gasteiger charge is -2.11. The number of fused-ring (bicyclic) bond motifs is 1. The van der Waals surface area contributed by atoms with Crippen molar-refractivity contribution in [2.24, 2.45) is 0 Å². The predicted octanol–water partition coefficient (Wildman–Crippen LogP) is 2.55. The molecule has 2 aromatic rings. The Kier molecular flexibility index (Phi) is 3.38. The molecule has 5 heteroatoms. The van der Waals surface area contributed by atoms with Crippen molar-refractivity contribution < 1.29 is 9.53 Å². The van der Waals surface area contributed by atoms with Gasteiger partial charge >= 0.3 is 10.8 Å². The van der Waals surface area contributed by atoms with E-state index in [1.54, 1.807) is 0 Å². The molecule has 0 unspecified atom stereocenters. The van der Waals surface area contributed by atoms with Gasteiger partial charge in [0.1, 0.15) is 12.6 Å². The maximum absolute atomic E-state index is 11.9. The maximum Gasteiger partial charge on any atom is 0.326 e. The van der Waals surface area contributed by atoms with Crippen LogP contribution in [-0.4, -0.2) is 16.6 Å². The second kappa shape index (κ2) is 5.17. The van der Waals surface area contributed by atoms with Crippen LogP contribution < -0.4 is 4.87 Å². The number of para-hydroxylation sites is 1. The van der Waals surface area contributed by atoms with E-state index >= 15 is 0 Å². The normalized spacial score (nSPS) is 16.0. The zero-order chi connectivity index (χ0) is 13.2. The third-order valence-electron chi connectivity index (χ3n) is 3.46. The summed E-state index contributed by atoms with van der Waals surface area (Å²) in [5.41, 5.74) is 0.806. The molecule has 0 aliphatic heterocycles. The quantitative estimate of drug-likeness (QED) is 0.810. The lowest BCUT2D eigenvalue weighted by Crippen LogP contribution is -2.24. The number of hydrogen-bond donors (Lipinski definition) is 0. The van der Waals surface area contributed by atoms with Gasteiger partial charge in [-0.3, -0.25) is 14.2 Å². The fourth-order valence-corrected chi connectivity index (χ4v) is 3.41. The van der Waals surface area contributed by atoms with Gasteiger partial charge in [0.2, 0.25) is 0 Å². The van der Waals surface area contributed by atoms with Crippen LogP contribution >= 0.6 is 11.3 Å². The Morgan fingerprint density at radius 3 is 2.84 bits per heavy atom. The van der Waals surface area contributed by atoms with E-state index in [-0.39, 0.29) is 23.5 Å². The number of aromatic nitrogens is 1. The van der Waals surface area contributed by atoms with Crippen molar-refractivity contribution in [3.05, 3.63) is 33.9 Å². The second-order valence-corrected chi connectivity index (χ2v) is 5.81. The Hall–Kier alpha value is -1.62. The van der Waals surface area contributed by atoms with Crippen LogP contribution in [0.1, 0.15) is 25.7 Å². The summed E-state index contributed by atoms with van der Waals surface area (Å²) in [6.07, 6.45) is 4.20. The van der Waals surface area contributed by atoms with Crippen molar-refractivity contribution in [2.75, 3.05) is 0 Å². The van der Waals surface area contributed by atoms with E-state index in [1.165, 1.54) is 4.57 Å². The van der Waals surface area contributed by atoms with E-state index in [2.05, 4.69) is 0 Å². The molecule has 0 spiro atoms. The van der Waals surface area contributed by atoms with E-state index in [0.29, 0.717) is 0 Å². The van der Waals surface area contributed by atoms with Crippen molar-refractivity contribution in [3.8, 4) is 0 Å². The van der Waals surface area contributed by atoms with Crippen LogP contribution in [0.15, 0.2) is 29.1 Å². The molecule has 0 radical (unpaired) electrons. The highest BCUT2D eigenvalue weighted by Crippen LogP contribution is 2.21. The van der Waals surface area contributed by atoms with Crippen LogP contribution in [0.3, 0.4) is 0 Å². The Morgan fingerprint density at radius 2 is 2.05 bits per heavy atom. The molecule has 1 aliphatic rings. The van der Waals surface area contributed by atoms with E-state index in [1.807, 2.05) is 24.3 Å². The fourth-order valence-electron chi connectivity index (χ4n) is 2.52. The van der Waals surface area contributed by atoms with Crippen LogP contribution in [0.5, 0.6) is 0 Å². The summed E-state index contributed by atoms with van der Waals surface area (Å²) in [6, 6.07) is 7.50. The summed E-state index contributed by atoms with van der Waals surface area (Å²) in [6.45, 7) is 0.0132. The maximum atomic E-state index is 11.9. The molecule has 4 nitrogen and oxygen atoms in total. The van der Waals surface area contributed by atoms with E-state index in [9.17, 15) is 9.59 Å². The van der Waals surface area contributed by atoms with Crippen molar-refractivity contribution in [2.45, 2.75) is 38.3 Å². The molecule has 1 aliphatic carbocycles. The smallest absolute Gasteiger partial charge is 0.326 e. The minimum absolute atomic E-state index is 0.0132. The predicted molar refractivity (Wildman–Crippen MR) is 74.4 cm³/mol. The molecule has 19 heavy (non-hydrogen) atoms. The molecular formula is C14H15NO3S. The summed E-state index contributed by atoms with van der Waals surface area (Å²) in [4.78, 5) is 23.7. The van der Waals surface area contributed by atoms with Gasteiger partial charge in [-0.05, 0) is 37.8 Å². The Bertz CT molecular complexity index is 652. The highest BCUT2D eigenvalue weighted by Gasteiger charge is 2.20. The molecule has 1 aromatic carbocycles. The average molecular weight is 277 g/mol. The molecule has 0 atom stereocenters. The number of carbonyl (C=O) groups is 1. The Morgan fingerprint density at radius 1 is 1.32 bits per heavy atom. The minimum Gasteiger partial charge on any atom is -0.461 e. The SMILES string of the molecule is O=C(Cn1c(=O)sc2ccccc21)OC1CCCC1. The highest BCUT2D eigenvalue weighted by atomic mass is 32.1. The van der Waals surface area contributed by atoms with E-state index in [4.69, 9.17) is 4.74 Å². The Balaban J connectivity index is 1.79. The van der Waals surface area contributed by atoms with Gasteiger partial charge in [-0.25, -0.2) is 0 Å². The average Bonchev–Trinajstić information content (AvgIpc) is 2.99. The second-order valence-electron chi connectivity index (χ2n) is 4.82. The third-order valence-corrected chi connectivity index (χ3v) is 4.42. The van der Waals surface area contributed by atoms with Crippen molar-refractivity contribution >= 4 is 27.5 Å². The molecule has 0 saturated heterocycles.